The lowest BCUT2D eigenvalue weighted by Gasteiger charge is -2.05. The molecule has 0 spiro atoms. The van der Waals surface area contributed by atoms with Crippen LogP contribution in [0.2, 0.25) is 4.34 Å². The smallest absolute Gasteiger partial charge is 0.229 e. The summed E-state index contributed by atoms with van der Waals surface area (Å²) >= 11 is 7.27. The van der Waals surface area contributed by atoms with Crippen LogP contribution in [0.5, 0.6) is 0 Å². The lowest BCUT2D eigenvalue weighted by Crippen LogP contribution is -2.13. The highest BCUT2D eigenvalue weighted by molar-refractivity contribution is 7.16. The van der Waals surface area contributed by atoms with Crippen molar-refractivity contribution in [3.63, 3.8) is 0 Å². The van der Waals surface area contributed by atoms with E-state index in [1.165, 1.54) is 11.3 Å². The van der Waals surface area contributed by atoms with Crippen LogP contribution in [-0.4, -0.2) is 21.1 Å². The van der Waals surface area contributed by atoms with Crippen LogP contribution in [0, 0.1) is 6.92 Å². The van der Waals surface area contributed by atoms with Gasteiger partial charge in [0, 0.05) is 16.1 Å². The zero-order valence-corrected chi connectivity index (χ0v) is 13.3. The van der Waals surface area contributed by atoms with Crippen molar-refractivity contribution in [1.29, 1.82) is 0 Å². The van der Waals surface area contributed by atoms with Gasteiger partial charge in [-0.3, -0.25) is 9.89 Å². The molecule has 2 aromatic heterocycles. The number of nitrogens with zero attached hydrogens (tertiary/aromatic N) is 2. The number of aromatic nitrogens is 3. The molecule has 0 radical (unpaired) electrons. The average molecular weight is 333 g/mol. The van der Waals surface area contributed by atoms with Gasteiger partial charge in [-0.1, -0.05) is 23.7 Å². The Kier molecular flexibility index (Phi) is 4.22. The first-order valence-corrected chi connectivity index (χ1v) is 7.83. The fourth-order valence-corrected chi connectivity index (χ4v) is 3.10. The maximum atomic E-state index is 12.1. The van der Waals surface area contributed by atoms with Crippen molar-refractivity contribution in [2.75, 3.05) is 5.32 Å². The standard InChI is InChI=1S/C15H13ClN4OS/c1-9-17-15(20-19-9)10-3-2-4-11(7-10)18-14(21)8-12-5-6-13(16)22-12/h2-7H,8H2,1H3,(H,18,21)(H,17,19,20). The van der Waals surface area contributed by atoms with Crippen LogP contribution in [0.3, 0.4) is 0 Å². The van der Waals surface area contributed by atoms with Gasteiger partial charge < -0.3 is 5.32 Å². The largest absolute Gasteiger partial charge is 0.326 e. The number of halogens is 1. The normalized spacial score (nSPS) is 10.6. The third kappa shape index (κ3) is 3.52. The highest BCUT2D eigenvalue weighted by Crippen LogP contribution is 2.23. The van der Waals surface area contributed by atoms with Gasteiger partial charge in [0.25, 0.3) is 0 Å². The number of thiophene rings is 1. The summed E-state index contributed by atoms with van der Waals surface area (Å²) in [5.41, 5.74) is 1.56. The second-order valence-electron chi connectivity index (χ2n) is 4.76. The number of nitrogens with one attached hydrogen (secondary N) is 2. The van der Waals surface area contributed by atoms with Gasteiger partial charge in [-0.25, -0.2) is 4.98 Å². The lowest BCUT2D eigenvalue weighted by molar-refractivity contribution is -0.115. The molecular weight excluding hydrogens is 320 g/mol. The highest BCUT2D eigenvalue weighted by atomic mass is 35.5. The van der Waals surface area contributed by atoms with Gasteiger partial charge >= 0.3 is 0 Å². The molecule has 0 fully saturated rings. The summed E-state index contributed by atoms with van der Waals surface area (Å²) in [4.78, 5) is 17.3. The van der Waals surface area contributed by atoms with E-state index in [0.29, 0.717) is 22.3 Å². The van der Waals surface area contributed by atoms with Crippen LogP contribution in [0.15, 0.2) is 36.4 Å². The molecule has 3 rings (SSSR count). The number of hydrogen-bond donors (Lipinski definition) is 2. The van der Waals surface area contributed by atoms with E-state index in [2.05, 4.69) is 20.5 Å². The predicted molar refractivity (Wildman–Crippen MR) is 88.2 cm³/mol. The molecule has 3 aromatic rings. The van der Waals surface area contributed by atoms with E-state index in [1.54, 1.807) is 6.07 Å². The zero-order valence-electron chi connectivity index (χ0n) is 11.8. The van der Waals surface area contributed by atoms with E-state index < -0.39 is 0 Å². The Morgan fingerprint density at radius 2 is 2.23 bits per heavy atom. The molecule has 2 heterocycles. The fourth-order valence-electron chi connectivity index (χ4n) is 2.02. The monoisotopic (exact) mass is 332 g/mol. The summed E-state index contributed by atoms with van der Waals surface area (Å²) in [5.74, 6) is 1.28. The molecule has 0 aliphatic rings. The van der Waals surface area contributed by atoms with Gasteiger partial charge in [0.2, 0.25) is 5.91 Å². The number of carbonyl (C=O) groups is 1. The molecule has 0 atom stereocenters. The predicted octanol–water partition coefficient (Wildman–Crippen LogP) is 3.68. The van der Waals surface area contributed by atoms with Crippen molar-refractivity contribution in [3.05, 3.63) is 51.4 Å². The molecule has 0 bridgehead atoms. The molecule has 5 nitrogen and oxygen atoms in total. The molecular formula is C15H13ClN4OS. The van der Waals surface area contributed by atoms with Crippen LogP contribution >= 0.6 is 22.9 Å². The van der Waals surface area contributed by atoms with Crippen molar-refractivity contribution in [2.24, 2.45) is 0 Å². The second kappa shape index (κ2) is 6.29. The summed E-state index contributed by atoms with van der Waals surface area (Å²) in [6, 6.07) is 11.1. The molecule has 1 aromatic carbocycles. The van der Waals surface area contributed by atoms with Crippen molar-refractivity contribution in [1.82, 2.24) is 15.2 Å². The molecule has 0 unspecified atom stereocenters. The molecule has 7 heteroatoms. The fraction of sp³-hybridized carbons (Fsp3) is 0.133. The van der Waals surface area contributed by atoms with Crippen LogP contribution in [-0.2, 0) is 11.2 Å². The molecule has 22 heavy (non-hydrogen) atoms. The molecule has 112 valence electrons. The van der Waals surface area contributed by atoms with Gasteiger partial charge in [0.15, 0.2) is 5.82 Å². The van der Waals surface area contributed by atoms with E-state index in [4.69, 9.17) is 11.6 Å². The number of H-pyrrole nitrogens is 1. The number of hydrogen-bond acceptors (Lipinski definition) is 4. The molecule has 0 aliphatic carbocycles. The van der Waals surface area contributed by atoms with Gasteiger partial charge in [-0.05, 0) is 31.2 Å². The molecule has 1 amide bonds. The quantitative estimate of drug-likeness (QED) is 0.765. The van der Waals surface area contributed by atoms with Crippen LogP contribution in [0.1, 0.15) is 10.7 Å². The maximum absolute atomic E-state index is 12.1. The van der Waals surface area contributed by atoms with Crippen molar-refractivity contribution < 1.29 is 4.79 Å². The van der Waals surface area contributed by atoms with Crippen LogP contribution < -0.4 is 5.32 Å². The minimum atomic E-state index is -0.0816. The number of benzene rings is 1. The Hall–Kier alpha value is -2.18. The topological polar surface area (TPSA) is 70.7 Å². The zero-order chi connectivity index (χ0) is 15.5. The van der Waals surface area contributed by atoms with Gasteiger partial charge in [0.05, 0.1) is 10.8 Å². The Balaban J connectivity index is 1.71. The summed E-state index contributed by atoms with van der Waals surface area (Å²) in [6.45, 7) is 1.84. The Morgan fingerprint density at radius 1 is 1.36 bits per heavy atom. The summed E-state index contributed by atoms with van der Waals surface area (Å²) < 4.78 is 0.685. The van der Waals surface area contributed by atoms with E-state index in [9.17, 15) is 4.79 Å². The Labute approximate surface area is 136 Å². The van der Waals surface area contributed by atoms with E-state index in [0.717, 1.165) is 16.3 Å². The number of rotatable bonds is 4. The SMILES string of the molecule is Cc1nc(-c2cccc(NC(=O)Cc3ccc(Cl)s3)c2)n[nH]1. The van der Waals surface area contributed by atoms with Crippen LogP contribution in [0.25, 0.3) is 11.4 Å². The molecule has 0 saturated carbocycles. The van der Waals surface area contributed by atoms with Gasteiger partial charge in [-0.15, -0.1) is 11.3 Å². The summed E-state index contributed by atoms with van der Waals surface area (Å²) in [6.07, 6.45) is 0.307. The van der Waals surface area contributed by atoms with Crippen molar-refractivity contribution in [3.8, 4) is 11.4 Å². The highest BCUT2D eigenvalue weighted by Gasteiger charge is 2.08. The average Bonchev–Trinajstić information content (AvgIpc) is 3.08. The van der Waals surface area contributed by atoms with E-state index in [1.807, 2.05) is 37.3 Å². The number of carbonyl (C=O) groups excluding carboxylic acids is 1. The number of aromatic amines is 1. The summed E-state index contributed by atoms with van der Waals surface area (Å²) in [5, 5.41) is 9.79. The lowest BCUT2D eigenvalue weighted by atomic mass is 10.2. The van der Waals surface area contributed by atoms with E-state index >= 15 is 0 Å². The molecule has 0 saturated heterocycles. The summed E-state index contributed by atoms with van der Waals surface area (Å²) in [7, 11) is 0. The minimum absolute atomic E-state index is 0.0816. The first-order chi connectivity index (χ1) is 10.6. The van der Waals surface area contributed by atoms with Gasteiger partial charge in [-0.2, -0.15) is 5.10 Å². The van der Waals surface area contributed by atoms with Crippen LogP contribution in [0.4, 0.5) is 5.69 Å². The molecule has 2 N–H and O–H groups in total. The number of aryl methyl sites for hydroxylation is 1. The number of amides is 1. The minimum Gasteiger partial charge on any atom is -0.326 e. The van der Waals surface area contributed by atoms with Crippen molar-refractivity contribution >= 4 is 34.5 Å². The van der Waals surface area contributed by atoms with Crippen molar-refractivity contribution in [2.45, 2.75) is 13.3 Å². The maximum Gasteiger partial charge on any atom is 0.229 e. The first-order valence-electron chi connectivity index (χ1n) is 6.63. The molecule has 0 aliphatic heterocycles. The second-order valence-corrected chi connectivity index (χ2v) is 6.56. The third-order valence-corrected chi connectivity index (χ3v) is 4.20. The Bertz CT molecular complexity index is 811. The van der Waals surface area contributed by atoms with E-state index in [-0.39, 0.29) is 5.91 Å². The van der Waals surface area contributed by atoms with Gasteiger partial charge in [0.1, 0.15) is 5.82 Å². The first kappa shape index (κ1) is 14.7. The number of anilines is 1. The Morgan fingerprint density at radius 3 is 2.91 bits per heavy atom. The third-order valence-electron chi connectivity index (χ3n) is 2.97.